The summed E-state index contributed by atoms with van der Waals surface area (Å²) in [6.45, 7) is 7.07. The van der Waals surface area contributed by atoms with Gasteiger partial charge in [-0.3, -0.25) is 4.79 Å². The van der Waals surface area contributed by atoms with E-state index in [0.29, 0.717) is 25.6 Å². The summed E-state index contributed by atoms with van der Waals surface area (Å²) in [5.41, 5.74) is 1.25. The van der Waals surface area contributed by atoms with Crippen molar-refractivity contribution in [2.24, 2.45) is 4.99 Å². The summed E-state index contributed by atoms with van der Waals surface area (Å²) in [7, 11) is 0. The third-order valence-electron chi connectivity index (χ3n) is 5.27. The van der Waals surface area contributed by atoms with Gasteiger partial charge in [0.1, 0.15) is 11.9 Å². The number of para-hydroxylation sites is 1. The molecule has 7 heteroatoms. The molecule has 0 bridgehead atoms. The second-order valence-electron chi connectivity index (χ2n) is 7.38. The number of aliphatic imine (C=N–C) groups is 1. The van der Waals surface area contributed by atoms with E-state index in [1.807, 2.05) is 30.0 Å². The number of nitrogens with zero attached hydrogens (tertiary/aromatic N) is 2. The van der Waals surface area contributed by atoms with Gasteiger partial charge < -0.3 is 20.3 Å². The van der Waals surface area contributed by atoms with Gasteiger partial charge in [0.25, 0.3) is 0 Å². The van der Waals surface area contributed by atoms with Crippen LogP contribution in [0.1, 0.15) is 45.1 Å². The van der Waals surface area contributed by atoms with E-state index >= 15 is 0 Å². The highest BCUT2D eigenvalue weighted by Crippen LogP contribution is 2.28. The lowest BCUT2D eigenvalue weighted by molar-refractivity contribution is -0.134. The van der Waals surface area contributed by atoms with Crippen LogP contribution in [-0.2, 0) is 11.2 Å². The van der Waals surface area contributed by atoms with Crippen LogP contribution in [-0.4, -0.2) is 55.1 Å². The molecule has 1 aromatic carbocycles. The van der Waals surface area contributed by atoms with Crippen molar-refractivity contribution in [1.29, 1.82) is 0 Å². The average molecular weight is 500 g/mol. The molecule has 156 valence electrons. The summed E-state index contributed by atoms with van der Waals surface area (Å²) >= 11 is 0. The molecule has 2 heterocycles. The first kappa shape index (κ1) is 22.8. The number of amides is 1. The zero-order chi connectivity index (χ0) is 19.1. The summed E-state index contributed by atoms with van der Waals surface area (Å²) in [6.07, 6.45) is 4.94. The Morgan fingerprint density at radius 1 is 1.29 bits per heavy atom. The number of rotatable bonds is 6. The lowest BCUT2D eigenvalue weighted by Crippen LogP contribution is -2.44. The van der Waals surface area contributed by atoms with Crippen molar-refractivity contribution >= 4 is 35.8 Å². The molecule has 0 aliphatic carbocycles. The zero-order valence-electron chi connectivity index (χ0n) is 16.9. The maximum absolute atomic E-state index is 12.4. The summed E-state index contributed by atoms with van der Waals surface area (Å²) < 4.78 is 5.95. The van der Waals surface area contributed by atoms with Gasteiger partial charge in [-0.25, -0.2) is 4.99 Å². The van der Waals surface area contributed by atoms with E-state index < -0.39 is 0 Å². The van der Waals surface area contributed by atoms with E-state index in [0.717, 1.165) is 44.1 Å². The van der Waals surface area contributed by atoms with Crippen LogP contribution in [0, 0.1) is 0 Å². The fourth-order valence-corrected chi connectivity index (χ4v) is 3.79. The second-order valence-corrected chi connectivity index (χ2v) is 7.38. The van der Waals surface area contributed by atoms with Gasteiger partial charge in [0.2, 0.25) is 5.91 Å². The van der Waals surface area contributed by atoms with Crippen molar-refractivity contribution in [3.8, 4) is 5.75 Å². The van der Waals surface area contributed by atoms with Gasteiger partial charge in [-0.15, -0.1) is 24.0 Å². The van der Waals surface area contributed by atoms with Crippen LogP contribution in [0.4, 0.5) is 0 Å². The van der Waals surface area contributed by atoms with E-state index in [1.165, 1.54) is 12.0 Å². The Bertz CT molecular complexity index is 643. The molecule has 2 unspecified atom stereocenters. The van der Waals surface area contributed by atoms with Gasteiger partial charge in [0.05, 0.1) is 6.54 Å². The van der Waals surface area contributed by atoms with Crippen molar-refractivity contribution in [1.82, 2.24) is 15.5 Å². The Hall–Kier alpha value is -1.51. The van der Waals surface area contributed by atoms with Crippen molar-refractivity contribution in [2.75, 3.05) is 26.2 Å². The van der Waals surface area contributed by atoms with Gasteiger partial charge in [-0.05, 0) is 44.7 Å². The molecular weight excluding hydrogens is 467 g/mol. The second kappa shape index (κ2) is 11.5. The van der Waals surface area contributed by atoms with Crippen molar-refractivity contribution in [3.63, 3.8) is 0 Å². The molecule has 1 aromatic rings. The molecular formula is C21H33IN4O2. The van der Waals surface area contributed by atoms with Crippen LogP contribution in [0.5, 0.6) is 5.75 Å². The molecule has 0 saturated carbocycles. The highest BCUT2D eigenvalue weighted by Gasteiger charge is 2.23. The fraction of sp³-hybridized carbons (Fsp3) is 0.619. The predicted octanol–water partition coefficient (Wildman–Crippen LogP) is 2.95. The number of guanidine groups is 1. The van der Waals surface area contributed by atoms with Crippen LogP contribution in [0.3, 0.4) is 0 Å². The standard InChI is InChI=1S/C21H32N4O2.HI/c1-3-22-21(23-12-11-20(26)25-13-7-6-8-16(25)2)24-15-18-14-17-9-4-5-10-19(17)27-18;/h4-5,9-10,16,18H,3,6-8,11-15H2,1-2H3,(H2,22,23,24);1H. The summed E-state index contributed by atoms with van der Waals surface area (Å²) in [5.74, 6) is 1.95. The molecule has 3 rings (SSSR count). The number of carbonyl (C=O) groups excluding carboxylic acids is 1. The predicted molar refractivity (Wildman–Crippen MR) is 124 cm³/mol. The highest BCUT2D eigenvalue weighted by molar-refractivity contribution is 14.0. The van der Waals surface area contributed by atoms with Crippen molar-refractivity contribution < 1.29 is 9.53 Å². The topological polar surface area (TPSA) is 66.0 Å². The average Bonchev–Trinajstić information content (AvgIpc) is 3.09. The van der Waals surface area contributed by atoms with Crippen molar-refractivity contribution in [2.45, 2.75) is 58.1 Å². The van der Waals surface area contributed by atoms with E-state index in [1.54, 1.807) is 0 Å². The summed E-state index contributed by atoms with van der Waals surface area (Å²) in [6, 6.07) is 8.52. The maximum Gasteiger partial charge on any atom is 0.224 e. The number of halogens is 1. The normalized spacial score (nSPS) is 21.4. The van der Waals surface area contributed by atoms with E-state index in [9.17, 15) is 4.79 Å². The number of fused-ring (bicyclic) bond motifs is 1. The first-order valence-electron chi connectivity index (χ1n) is 10.2. The van der Waals surface area contributed by atoms with Gasteiger partial charge in [0, 0.05) is 38.5 Å². The van der Waals surface area contributed by atoms with Crippen LogP contribution < -0.4 is 15.4 Å². The molecule has 1 fully saturated rings. The Morgan fingerprint density at radius 3 is 2.86 bits per heavy atom. The van der Waals surface area contributed by atoms with E-state index in [2.05, 4.69) is 28.6 Å². The molecule has 28 heavy (non-hydrogen) atoms. The highest BCUT2D eigenvalue weighted by atomic mass is 127. The zero-order valence-corrected chi connectivity index (χ0v) is 19.3. The van der Waals surface area contributed by atoms with Crippen LogP contribution >= 0.6 is 24.0 Å². The molecule has 6 nitrogen and oxygen atoms in total. The molecule has 2 atom stereocenters. The van der Waals surface area contributed by atoms with Crippen LogP contribution in [0.25, 0.3) is 0 Å². The number of likely N-dealkylation sites (tertiary alicyclic amines) is 1. The SMILES string of the molecule is CCNC(=NCC1Cc2ccccc2O1)NCCC(=O)N1CCCCC1C.I. The lowest BCUT2D eigenvalue weighted by atomic mass is 10.0. The van der Waals surface area contributed by atoms with E-state index in [4.69, 9.17) is 4.74 Å². The number of nitrogens with one attached hydrogen (secondary N) is 2. The Labute approximate surface area is 185 Å². The van der Waals surface area contributed by atoms with Crippen LogP contribution in [0.2, 0.25) is 0 Å². The number of hydrogen-bond donors (Lipinski definition) is 2. The number of benzene rings is 1. The molecule has 1 saturated heterocycles. The number of ether oxygens (including phenoxy) is 1. The molecule has 2 aliphatic rings. The lowest BCUT2D eigenvalue weighted by Gasteiger charge is -2.33. The monoisotopic (exact) mass is 500 g/mol. The number of carbonyl (C=O) groups is 1. The Morgan fingerprint density at radius 2 is 2.11 bits per heavy atom. The van der Waals surface area contributed by atoms with Crippen molar-refractivity contribution in [3.05, 3.63) is 29.8 Å². The van der Waals surface area contributed by atoms with Gasteiger partial charge in [0.15, 0.2) is 5.96 Å². The third kappa shape index (κ3) is 6.25. The molecule has 2 N–H and O–H groups in total. The van der Waals surface area contributed by atoms with E-state index in [-0.39, 0.29) is 36.0 Å². The first-order valence-corrected chi connectivity index (χ1v) is 10.2. The molecule has 0 radical (unpaired) electrons. The quantitative estimate of drug-likeness (QED) is 0.358. The minimum absolute atomic E-state index is 0. The fourth-order valence-electron chi connectivity index (χ4n) is 3.79. The van der Waals surface area contributed by atoms with Gasteiger partial charge in [-0.1, -0.05) is 18.2 Å². The van der Waals surface area contributed by atoms with Crippen LogP contribution in [0.15, 0.2) is 29.3 Å². The molecule has 0 aromatic heterocycles. The molecule has 0 spiro atoms. The minimum Gasteiger partial charge on any atom is -0.488 e. The van der Waals surface area contributed by atoms with Gasteiger partial charge in [-0.2, -0.15) is 0 Å². The minimum atomic E-state index is 0. The first-order chi connectivity index (χ1) is 13.2. The Kier molecular flexibility index (Phi) is 9.34. The summed E-state index contributed by atoms with van der Waals surface area (Å²) in [5, 5.41) is 6.53. The summed E-state index contributed by atoms with van der Waals surface area (Å²) in [4.78, 5) is 19.1. The number of hydrogen-bond acceptors (Lipinski definition) is 3. The number of piperidine rings is 1. The van der Waals surface area contributed by atoms with Gasteiger partial charge >= 0.3 is 0 Å². The Balaban J connectivity index is 0.00000280. The molecule has 2 aliphatic heterocycles. The third-order valence-corrected chi connectivity index (χ3v) is 5.27. The smallest absolute Gasteiger partial charge is 0.224 e. The molecule has 1 amide bonds. The maximum atomic E-state index is 12.4. The largest absolute Gasteiger partial charge is 0.488 e.